The Morgan fingerprint density at radius 1 is 1.32 bits per heavy atom. The second kappa shape index (κ2) is 5.81. The van der Waals surface area contributed by atoms with E-state index in [4.69, 9.17) is 0 Å². The van der Waals surface area contributed by atoms with Crippen LogP contribution in [0.15, 0.2) is 22.7 Å². The van der Waals surface area contributed by atoms with Gasteiger partial charge in [-0.2, -0.15) is 0 Å². The quantitative estimate of drug-likeness (QED) is 0.893. The van der Waals surface area contributed by atoms with Gasteiger partial charge in [-0.05, 0) is 36.1 Å². The Kier molecular flexibility index (Phi) is 4.10. The molecular weight excluding hydrogens is 304 g/mol. The van der Waals surface area contributed by atoms with Crippen molar-refractivity contribution in [2.45, 2.75) is 25.3 Å². The minimum absolute atomic E-state index is 0.370. The summed E-state index contributed by atoms with van der Waals surface area (Å²) in [5, 5.41) is 13.2. The van der Waals surface area contributed by atoms with E-state index >= 15 is 0 Å². The Hall–Kier alpha value is -0.580. The fraction of sp³-hybridized carbons (Fsp3) is 0.600. The predicted molar refractivity (Wildman–Crippen MR) is 80.3 cm³/mol. The minimum Gasteiger partial charge on any atom is -0.508 e. The minimum atomic E-state index is 0.370. The number of nitrogens with zero attached hydrogens (tertiary/aromatic N) is 1. The van der Waals surface area contributed by atoms with Crippen LogP contribution in [-0.4, -0.2) is 36.2 Å². The summed E-state index contributed by atoms with van der Waals surface area (Å²) >= 11 is 3.65. The highest BCUT2D eigenvalue weighted by Gasteiger charge is 2.31. The Bertz CT molecular complexity index is 442. The van der Waals surface area contributed by atoms with Gasteiger partial charge in [-0.3, -0.25) is 4.90 Å². The number of rotatable bonds is 4. The standard InChI is InChI=1S/C15H21BrN2O/c16-14-4-3-12(19)10-13(14)15(9-11-1-2-11)18-7-5-17-6-8-18/h3-4,10-11,15,17,19H,1-2,5-9H2/t15-/m1/s1. The van der Waals surface area contributed by atoms with E-state index in [1.807, 2.05) is 12.1 Å². The molecule has 1 aliphatic carbocycles. The molecule has 3 rings (SSSR count). The molecule has 104 valence electrons. The van der Waals surface area contributed by atoms with Crippen LogP contribution in [0.3, 0.4) is 0 Å². The van der Waals surface area contributed by atoms with E-state index in [0.717, 1.165) is 36.6 Å². The predicted octanol–water partition coefficient (Wildman–Crippen LogP) is 2.90. The summed E-state index contributed by atoms with van der Waals surface area (Å²) in [6.07, 6.45) is 3.97. The molecule has 2 aliphatic rings. The number of hydrogen-bond acceptors (Lipinski definition) is 3. The van der Waals surface area contributed by atoms with E-state index in [1.54, 1.807) is 6.07 Å². The van der Waals surface area contributed by atoms with Gasteiger partial charge in [0, 0.05) is 36.7 Å². The molecular formula is C15H21BrN2O. The molecule has 1 aliphatic heterocycles. The summed E-state index contributed by atoms with van der Waals surface area (Å²) in [6, 6.07) is 6.09. The van der Waals surface area contributed by atoms with Gasteiger partial charge in [0.2, 0.25) is 0 Å². The summed E-state index contributed by atoms with van der Waals surface area (Å²) in [5.74, 6) is 1.25. The molecule has 4 heteroatoms. The zero-order chi connectivity index (χ0) is 13.2. The van der Waals surface area contributed by atoms with Crippen LogP contribution in [0.1, 0.15) is 30.9 Å². The van der Waals surface area contributed by atoms with Crippen molar-refractivity contribution in [3.63, 3.8) is 0 Å². The average Bonchev–Trinajstić information content (AvgIpc) is 3.24. The van der Waals surface area contributed by atoms with Crippen LogP contribution in [0.25, 0.3) is 0 Å². The molecule has 2 fully saturated rings. The van der Waals surface area contributed by atoms with Gasteiger partial charge in [0.15, 0.2) is 0 Å². The lowest BCUT2D eigenvalue weighted by atomic mass is 9.98. The summed E-state index contributed by atoms with van der Waals surface area (Å²) in [6.45, 7) is 4.33. The highest BCUT2D eigenvalue weighted by atomic mass is 79.9. The molecule has 1 saturated carbocycles. The Balaban J connectivity index is 1.85. The van der Waals surface area contributed by atoms with Gasteiger partial charge in [-0.25, -0.2) is 0 Å². The first-order chi connectivity index (χ1) is 9.24. The topological polar surface area (TPSA) is 35.5 Å². The van der Waals surface area contributed by atoms with Gasteiger partial charge in [0.05, 0.1) is 0 Å². The van der Waals surface area contributed by atoms with Gasteiger partial charge in [0.25, 0.3) is 0 Å². The number of nitrogens with one attached hydrogen (secondary N) is 1. The van der Waals surface area contributed by atoms with Gasteiger partial charge in [-0.1, -0.05) is 28.8 Å². The molecule has 1 atom stereocenters. The van der Waals surface area contributed by atoms with Crippen molar-refractivity contribution in [1.82, 2.24) is 10.2 Å². The van der Waals surface area contributed by atoms with Crippen LogP contribution in [0.2, 0.25) is 0 Å². The van der Waals surface area contributed by atoms with Crippen LogP contribution < -0.4 is 5.32 Å². The number of phenols is 1. The molecule has 0 bridgehead atoms. The van der Waals surface area contributed by atoms with Gasteiger partial charge in [-0.15, -0.1) is 0 Å². The lowest BCUT2D eigenvalue weighted by molar-refractivity contribution is 0.160. The highest BCUT2D eigenvalue weighted by molar-refractivity contribution is 9.10. The molecule has 0 spiro atoms. The third kappa shape index (κ3) is 3.30. The number of phenolic OH excluding ortho intramolecular Hbond substituents is 1. The third-order valence-corrected chi connectivity index (χ3v) is 4.91. The van der Waals surface area contributed by atoms with Crippen LogP contribution in [0.4, 0.5) is 0 Å². The van der Waals surface area contributed by atoms with E-state index in [-0.39, 0.29) is 0 Å². The highest BCUT2D eigenvalue weighted by Crippen LogP contribution is 2.42. The molecule has 1 saturated heterocycles. The van der Waals surface area contributed by atoms with Crippen molar-refractivity contribution < 1.29 is 5.11 Å². The van der Waals surface area contributed by atoms with E-state index in [9.17, 15) is 5.11 Å². The second-order valence-corrected chi connectivity index (χ2v) is 6.54. The summed E-state index contributed by atoms with van der Waals surface area (Å²) in [4.78, 5) is 2.56. The maximum atomic E-state index is 9.78. The normalized spacial score (nSPS) is 22.4. The van der Waals surface area contributed by atoms with Gasteiger partial charge < -0.3 is 10.4 Å². The van der Waals surface area contributed by atoms with Gasteiger partial charge in [0.1, 0.15) is 5.75 Å². The van der Waals surface area contributed by atoms with Gasteiger partial charge >= 0.3 is 0 Å². The maximum Gasteiger partial charge on any atom is 0.115 e. The van der Waals surface area contributed by atoms with Crippen LogP contribution in [-0.2, 0) is 0 Å². The monoisotopic (exact) mass is 324 g/mol. The zero-order valence-electron chi connectivity index (χ0n) is 11.1. The van der Waals surface area contributed by atoms with Crippen molar-refractivity contribution in [3.05, 3.63) is 28.2 Å². The first kappa shape index (κ1) is 13.4. The zero-order valence-corrected chi connectivity index (χ0v) is 12.7. The molecule has 3 nitrogen and oxygen atoms in total. The van der Waals surface area contributed by atoms with E-state index in [1.165, 1.54) is 24.8 Å². The van der Waals surface area contributed by atoms with Crippen molar-refractivity contribution in [3.8, 4) is 5.75 Å². The lowest BCUT2D eigenvalue weighted by Gasteiger charge is -2.36. The third-order valence-electron chi connectivity index (χ3n) is 4.18. The molecule has 2 N–H and O–H groups in total. The van der Waals surface area contributed by atoms with Crippen LogP contribution in [0.5, 0.6) is 5.75 Å². The largest absolute Gasteiger partial charge is 0.508 e. The van der Waals surface area contributed by atoms with Crippen molar-refractivity contribution in [2.24, 2.45) is 5.92 Å². The van der Waals surface area contributed by atoms with Crippen molar-refractivity contribution in [2.75, 3.05) is 26.2 Å². The number of aromatic hydroxyl groups is 1. The maximum absolute atomic E-state index is 9.78. The fourth-order valence-corrected chi connectivity index (χ4v) is 3.43. The van der Waals surface area contributed by atoms with Crippen molar-refractivity contribution >= 4 is 15.9 Å². The van der Waals surface area contributed by atoms with E-state index in [2.05, 4.69) is 26.1 Å². The first-order valence-corrected chi connectivity index (χ1v) is 7.96. The van der Waals surface area contributed by atoms with Crippen molar-refractivity contribution in [1.29, 1.82) is 0 Å². The summed E-state index contributed by atoms with van der Waals surface area (Å²) in [7, 11) is 0. The second-order valence-electron chi connectivity index (χ2n) is 5.69. The molecule has 0 aromatic heterocycles. The Morgan fingerprint density at radius 3 is 2.74 bits per heavy atom. The smallest absolute Gasteiger partial charge is 0.115 e. The average molecular weight is 325 g/mol. The van der Waals surface area contributed by atoms with E-state index in [0.29, 0.717) is 11.8 Å². The molecule has 1 aromatic carbocycles. The molecule has 1 aromatic rings. The number of benzene rings is 1. The number of hydrogen-bond donors (Lipinski definition) is 2. The first-order valence-electron chi connectivity index (χ1n) is 7.17. The number of piperazine rings is 1. The molecule has 0 unspecified atom stereocenters. The summed E-state index contributed by atoms with van der Waals surface area (Å²) in [5.41, 5.74) is 1.24. The molecule has 0 radical (unpaired) electrons. The van der Waals surface area contributed by atoms with Crippen LogP contribution >= 0.6 is 15.9 Å². The SMILES string of the molecule is Oc1ccc(Br)c([C@@H](CC2CC2)N2CCNCC2)c1. The number of halogens is 1. The van der Waals surface area contributed by atoms with E-state index < -0.39 is 0 Å². The summed E-state index contributed by atoms with van der Waals surface area (Å²) < 4.78 is 1.12. The molecule has 19 heavy (non-hydrogen) atoms. The lowest BCUT2D eigenvalue weighted by Crippen LogP contribution is -2.45. The Morgan fingerprint density at radius 2 is 2.05 bits per heavy atom. The fourth-order valence-electron chi connectivity index (χ4n) is 2.92. The Labute approximate surface area is 123 Å². The molecule has 1 heterocycles. The van der Waals surface area contributed by atoms with Crippen LogP contribution in [0, 0.1) is 5.92 Å². The molecule has 0 amide bonds.